The van der Waals surface area contributed by atoms with Gasteiger partial charge in [0.2, 0.25) is 0 Å². The van der Waals surface area contributed by atoms with Crippen molar-refractivity contribution in [2.24, 2.45) is 0 Å². The fourth-order valence-electron chi connectivity index (χ4n) is 4.18. The third kappa shape index (κ3) is 4.47. The molecule has 6 rings (SSSR count). The van der Waals surface area contributed by atoms with Crippen LogP contribution in [0.15, 0.2) is 54.7 Å². The second-order valence-electron chi connectivity index (χ2n) is 8.35. The van der Waals surface area contributed by atoms with E-state index < -0.39 is 17.6 Å². The summed E-state index contributed by atoms with van der Waals surface area (Å²) in [5.74, 6) is -0.446. The van der Waals surface area contributed by atoms with Crippen LogP contribution in [0.5, 0.6) is 0 Å². The predicted octanol–water partition coefficient (Wildman–Crippen LogP) is 3.29. The van der Waals surface area contributed by atoms with E-state index in [9.17, 15) is 14.0 Å². The second kappa shape index (κ2) is 9.56. The van der Waals surface area contributed by atoms with Gasteiger partial charge >= 0.3 is 0 Å². The molecule has 0 saturated carbocycles. The Bertz CT molecular complexity index is 1640. The molecule has 1 aliphatic heterocycles. The summed E-state index contributed by atoms with van der Waals surface area (Å²) in [6, 6.07) is 12.7. The molecule has 5 aromatic rings. The van der Waals surface area contributed by atoms with E-state index in [-0.39, 0.29) is 5.56 Å². The quantitative estimate of drug-likeness (QED) is 0.313. The number of morpholine rings is 1. The number of nitrogens with zero attached hydrogens (tertiary/aromatic N) is 4. The first-order valence-corrected chi connectivity index (χ1v) is 12.3. The van der Waals surface area contributed by atoms with Gasteiger partial charge < -0.3 is 9.64 Å². The zero-order chi connectivity index (χ0) is 25.4. The summed E-state index contributed by atoms with van der Waals surface area (Å²) in [7, 11) is 0. The molecule has 2 amide bonds. The van der Waals surface area contributed by atoms with Gasteiger partial charge in [0.25, 0.3) is 11.8 Å². The number of anilines is 1. The van der Waals surface area contributed by atoms with Crippen molar-refractivity contribution in [1.82, 2.24) is 31.0 Å². The number of ether oxygens (including phenoxy) is 1. The SMILES string of the molecule is O=C(NNC(=O)c1cc2nc(-c3cccc4[nH]ncc34)nc(N3CCOCC3)c2s1)c1cccc(F)c1. The molecule has 0 aliphatic carbocycles. The standard InChI is InChI=1S/C25H20FN7O3S/c26-15-4-1-3-14(11-15)24(34)31-32-25(35)20-12-19-21(37-20)23(33-7-9-36-10-8-33)29-22(28-19)16-5-2-6-18-17(16)13-27-30-18/h1-6,11-13H,7-10H2,(H,27,30)(H,31,34)(H,32,35). The lowest BCUT2D eigenvalue weighted by atomic mass is 10.1. The molecule has 10 nitrogen and oxygen atoms in total. The molecule has 0 radical (unpaired) electrons. The molecule has 0 atom stereocenters. The average molecular weight is 518 g/mol. The second-order valence-corrected chi connectivity index (χ2v) is 9.40. The smallest absolute Gasteiger partial charge is 0.279 e. The van der Waals surface area contributed by atoms with E-state index in [1.165, 1.54) is 29.5 Å². The number of hydrogen-bond donors (Lipinski definition) is 3. The summed E-state index contributed by atoms with van der Waals surface area (Å²) in [5.41, 5.74) is 7.12. The van der Waals surface area contributed by atoms with Crippen LogP contribution in [0.25, 0.3) is 32.5 Å². The summed E-state index contributed by atoms with van der Waals surface area (Å²) in [4.78, 5) is 37.4. The molecule has 37 heavy (non-hydrogen) atoms. The molecule has 1 aliphatic rings. The minimum Gasteiger partial charge on any atom is -0.378 e. The van der Waals surface area contributed by atoms with Gasteiger partial charge in [0, 0.05) is 29.6 Å². The Balaban J connectivity index is 1.35. The maximum Gasteiger partial charge on any atom is 0.279 e. The topological polar surface area (TPSA) is 125 Å². The Morgan fingerprint density at radius 2 is 1.84 bits per heavy atom. The number of benzene rings is 2. The highest BCUT2D eigenvalue weighted by atomic mass is 32.1. The van der Waals surface area contributed by atoms with Crippen LogP contribution in [0, 0.1) is 5.82 Å². The molecule has 3 N–H and O–H groups in total. The number of fused-ring (bicyclic) bond motifs is 2. The van der Waals surface area contributed by atoms with E-state index >= 15 is 0 Å². The van der Waals surface area contributed by atoms with E-state index in [2.05, 4.69) is 25.9 Å². The van der Waals surface area contributed by atoms with Crippen LogP contribution < -0.4 is 15.8 Å². The number of aromatic amines is 1. The lowest BCUT2D eigenvalue weighted by Crippen LogP contribution is -2.41. The first kappa shape index (κ1) is 23.0. The fraction of sp³-hybridized carbons (Fsp3) is 0.160. The molecular formula is C25H20FN7O3S. The van der Waals surface area contributed by atoms with E-state index in [1.807, 2.05) is 18.2 Å². The van der Waals surface area contributed by atoms with Crippen LogP contribution in [0.2, 0.25) is 0 Å². The van der Waals surface area contributed by atoms with Gasteiger partial charge in [-0.2, -0.15) is 5.10 Å². The van der Waals surface area contributed by atoms with Crippen molar-refractivity contribution >= 4 is 50.1 Å². The molecule has 1 fully saturated rings. The minimum atomic E-state index is -0.627. The maximum atomic E-state index is 13.4. The van der Waals surface area contributed by atoms with Crippen molar-refractivity contribution in [2.75, 3.05) is 31.2 Å². The van der Waals surface area contributed by atoms with E-state index in [0.29, 0.717) is 42.5 Å². The number of hydrogen-bond acceptors (Lipinski definition) is 8. The Kier molecular flexibility index (Phi) is 5.94. The van der Waals surface area contributed by atoms with Crippen molar-refractivity contribution < 1.29 is 18.7 Å². The number of halogens is 1. The molecule has 0 spiro atoms. The Hall–Kier alpha value is -4.42. The number of aromatic nitrogens is 4. The van der Waals surface area contributed by atoms with Crippen LogP contribution in [0.3, 0.4) is 0 Å². The highest BCUT2D eigenvalue weighted by Crippen LogP contribution is 2.35. The van der Waals surface area contributed by atoms with Gasteiger partial charge in [-0.3, -0.25) is 25.5 Å². The largest absolute Gasteiger partial charge is 0.378 e. The number of carbonyl (C=O) groups excluding carboxylic acids is 2. The number of rotatable bonds is 4. The van der Waals surface area contributed by atoms with Gasteiger partial charge in [-0.1, -0.05) is 18.2 Å². The predicted molar refractivity (Wildman–Crippen MR) is 137 cm³/mol. The zero-order valence-electron chi connectivity index (χ0n) is 19.3. The van der Waals surface area contributed by atoms with Crippen molar-refractivity contribution in [1.29, 1.82) is 0 Å². The van der Waals surface area contributed by atoms with Gasteiger partial charge in [-0.05, 0) is 30.3 Å². The monoisotopic (exact) mass is 517 g/mol. The zero-order valence-corrected chi connectivity index (χ0v) is 20.1. The van der Waals surface area contributed by atoms with E-state index in [4.69, 9.17) is 14.7 Å². The highest BCUT2D eigenvalue weighted by Gasteiger charge is 2.23. The third-order valence-corrected chi connectivity index (χ3v) is 7.11. The van der Waals surface area contributed by atoms with Crippen LogP contribution >= 0.6 is 11.3 Å². The first-order valence-electron chi connectivity index (χ1n) is 11.5. The molecule has 0 bridgehead atoms. The van der Waals surface area contributed by atoms with Gasteiger partial charge in [0.15, 0.2) is 11.6 Å². The van der Waals surface area contributed by atoms with Crippen molar-refractivity contribution in [3.8, 4) is 11.4 Å². The van der Waals surface area contributed by atoms with Crippen LogP contribution in [-0.4, -0.2) is 58.3 Å². The molecule has 3 aromatic heterocycles. The lowest BCUT2D eigenvalue weighted by Gasteiger charge is -2.28. The molecule has 0 unspecified atom stereocenters. The van der Waals surface area contributed by atoms with Gasteiger partial charge in [0.05, 0.1) is 40.0 Å². The van der Waals surface area contributed by atoms with Crippen molar-refractivity contribution in [3.63, 3.8) is 0 Å². The molecule has 1 saturated heterocycles. The van der Waals surface area contributed by atoms with Gasteiger partial charge in [-0.25, -0.2) is 14.4 Å². The summed E-state index contributed by atoms with van der Waals surface area (Å²) in [6.07, 6.45) is 1.74. The van der Waals surface area contributed by atoms with Crippen LogP contribution in [0.4, 0.5) is 10.2 Å². The summed E-state index contributed by atoms with van der Waals surface area (Å²) in [5, 5.41) is 7.99. The van der Waals surface area contributed by atoms with E-state index in [0.717, 1.165) is 33.1 Å². The van der Waals surface area contributed by atoms with E-state index in [1.54, 1.807) is 12.3 Å². The number of thiophene rings is 1. The highest BCUT2D eigenvalue weighted by molar-refractivity contribution is 7.21. The van der Waals surface area contributed by atoms with Crippen LogP contribution in [-0.2, 0) is 4.74 Å². The number of carbonyl (C=O) groups is 2. The normalized spacial score (nSPS) is 13.7. The number of H-pyrrole nitrogens is 1. The van der Waals surface area contributed by atoms with Crippen molar-refractivity contribution in [3.05, 3.63) is 71.0 Å². The number of amides is 2. The maximum absolute atomic E-state index is 13.4. The molecular weight excluding hydrogens is 497 g/mol. The Morgan fingerprint density at radius 3 is 2.68 bits per heavy atom. The van der Waals surface area contributed by atoms with Crippen molar-refractivity contribution in [2.45, 2.75) is 0 Å². The summed E-state index contributed by atoms with van der Waals surface area (Å²) in [6.45, 7) is 2.46. The van der Waals surface area contributed by atoms with Crippen LogP contribution in [0.1, 0.15) is 20.0 Å². The summed E-state index contributed by atoms with van der Waals surface area (Å²) >= 11 is 1.24. The lowest BCUT2D eigenvalue weighted by molar-refractivity contribution is 0.0848. The Morgan fingerprint density at radius 1 is 1.03 bits per heavy atom. The van der Waals surface area contributed by atoms with Gasteiger partial charge in [0.1, 0.15) is 5.82 Å². The minimum absolute atomic E-state index is 0.0928. The molecule has 12 heteroatoms. The molecule has 2 aromatic carbocycles. The Labute approximate surface area is 213 Å². The average Bonchev–Trinajstić information content (AvgIpc) is 3.59. The molecule has 186 valence electrons. The fourth-order valence-corrected chi connectivity index (χ4v) is 5.19. The number of hydrazine groups is 1. The molecule has 4 heterocycles. The van der Waals surface area contributed by atoms with Gasteiger partial charge in [-0.15, -0.1) is 11.3 Å². The first-order chi connectivity index (χ1) is 18.1. The third-order valence-electron chi connectivity index (χ3n) is 5.99. The summed E-state index contributed by atoms with van der Waals surface area (Å²) < 4.78 is 19.7. The number of nitrogens with one attached hydrogen (secondary N) is 3.